The van der Waals surface area contributed by atoms with Crippen LogP contribution in [0.1, 0.15) is 79.3 Å². The Balaban J connectivity index is 1.01. The van der Waals surface area contributed by atoms with E-state index < -0.39 is 30.0 Å². The molecule has 15 nitrogen and oxygen atoms in total. The van der Waals surface area contributed by atoms with Crippen molar-refractivity contribution < 1.29 is 51.0 Å². The number of benzene rings is 3. The molecule has 0 aliphatic carbocycles. The van der Waals surface area contributed by atoms with Crippen LogP contribution in [0.3, 0.4) is 0 Å². The van der Waals surface area contributed by atoms with E-state index in [1.54, 1.807) is 19.9 Å². The smallest absolute Gasteiger partial charge is 0.409 e. The molecule has 62 heavy (non-hydrogen) atoms. The molecule has 0 aromatic heterocycles. The second-order valence-corrected chi connectivity index (χ2v) is 20.1. The van der Waals surface area contributed by atoms with Gasteiger partial charge in [0.1, 0.15) is 31.2 Å². The number of phosphoric ester groups is 1. The van der Waals surface area contributed by atoms with Gasteiger partial charge in [-0.2, -0.15) is 0 Å². The molecule has 0 radical (unpaired) electrons. The summed E-state index contributed by atoms with van der Waals surface area (Å²) in [4.78, 5) is 28.5. The van der Waals surface area contributed by atoms with Crippen molar-refractivity contribution in [3.8, 4) is 11.5 Å². The third-order valence-corrected chi connectivity index (χ3v) is 14.9. The van der Waals surface area contributed by atoms with Crippen molar-refractivity contribution >= 4 is 46.8 Å². The molecule has 5 aliphatic heterocycles. The Morgan fingerprint density at radius 1 is 0.968 bits per heavy atom. The van der Waals surface area contributed by atoms with Gasteiger partial charge in [-0.3, -0.25) is 4.57 Å². The van der Waals surface area contributed by atoms with Crippen molar-refractivity contribution in [2.75, 3.05) is 83.7 Å². The summed E-state index contributed by atoms with van der Waals surface area (Å²) in [6.07, 6.45) is 6.73. The zero-order chi connectivity index (χ0) is 43.6. The highest BCUT2D eigenvalue weighted by atomic mass is 35.5. The van der Waals surface area contributed by atoms with E-state index in [4.69, 9.17) is 34.9 Å². The molecule has 0 bridgehead atoms. The first kappa shape index (κ1) is 45.0. The van der Waals surface area contributed by atoms with Crippen molar-refractivity contribution in [2.24, 2.45) is 0 Å². The van der Waals surface area contributed by atoms with Gasteiger partial charge in [-0.1, -0.05) is 17.7 Å². The van der Waals surface area contributed by atoms with Crippen LogP contribution in [0.2, 0.25) is 5.02 Å². The molecular formula is C44H56ClN4O11PS. The number of aliphatic hydroxyl groups is 1. The van der Waals surface area contributed by atoms with Crippen LogP contribution >= 0.6 is 19.4 Å². The number of sulfonamides is 1. The molecule has 1 amide bonds. The monoisotopic (exact) mass is 914 g/mol. The van der Waals surface area contributed by atoms with E-state index in [0.717, 1.165) is 105 Å². The molecular weight excluding hydrogens is 859 g/mol. The number of ether oxygens (including phenoxy) is 3. The number of rotatable bonds is 18. The molecule has 18 heteroatoms. The largest absolute Gasteiger partial charge is 0.756 e. The van der Waals surface area contributed by atoms with Gasteiger partial charge in [0.2, 0.25) is 15.4 Å². The number of aryl methyl sites for hydroxylation is 2. The summed E-state index contributed by atoms with van der Waals surface area (Å²) < 4.78 is 73.7. The Labute approximate surface area is 367 Å². The van der Waals surface area contributed by atoms with Crippen molar-refractivity contribution in [3.05, 3.63) is 79.3 Å². The Morgan fingerprint density at radius 3 is 2.52 bits per heavy atom. The maximum Gasteiger partial charge on any atom is 0.409 e. The molecule has 0 saturated heterocycles. The van der Waals surface area contributed by atoms with Gasteiger partial charge >= 0.3 is 6.09 Å². The van der Waals surface area contributed by atoms with Crippen LogP contribution in [-0.2, 0) is 58.8 Å². The van der Waals surface area contributed by atoms with Crippen LogP contribution in [0.4, 0.5) is 10.5 Å². The lowest BCUT2D eigenvalue weighted by Gasteiger charge is -2.39. The average Bonchev–Trinajstić information content (AvgIpc) is 3.24. The summed E-state index contributed by atoms with van der Waals surface area (Å²) in [6, 6.07) is 9.56. The molecule has 0 saturated carbocycles. The minimum atomic E-state index is -4.55. The normalized spacial score (nSPS) is 17.4. The first-order chi connectivity index (χ1) is 29.8. The van der Waals surface area contributed by atoms with E-state index in [1.165, 1.54) is 44.3 Å². The van der Waals surface area contributed by atoms with Crippen LogP contribution in [0.25, 0.3) is 5.57 Å². The number of carbonyl (C=O) groups excluding carboxylic acids is 1. The number of hydrogen-bond acceptors (Lipinski definition) is 12. The molecule has 3 aromatic carbocycles. The quantitative estimate of drug-likeness (QED) is 0.0840. The van der Waals surface area contributed by atoms with E-state index in [9.17, 15) is 27.8 Å². The van der Waals surface area contributed by atoms with Crippen molar-refractivity contribution in [2.45, 2.75) is 82.6 Å². The fraction of sp³-hybridized carbons (Fsp3) is 0.545. The van der Waals surface area contributed by atoms with Crippen LogP contribution < -0.4 is 34.4 Å². The minimum Gasteiger partial charge on any atom is -0.756 e. The molecule has 336 valence electrons. The van der Waals surface area contributed by atoms with E-state index >= 15 is 0 Å². The zero-order valence-electron chi connectivity index (χ0n) is 35.4. The number of nitrogens with zero attached hydrogens (tertiary/aromatic N) is 3. The molecule has 3 aromatic rings. The standard InChI is InChI=1S/C44H56ClN4O11PS/c1-29(2)60-61(52,53)58-23-20-49(19-7-21-50)44(51)57-25-24-56-22-14-46-62(54,55)38-28-32(45)12-13-33(38)39-36-26-30-8-3-15-47-17-5-10-34(40(30)47)42(36)59-43-35-11-6-18-48-16-4-9-31(41(35)48)27-37(39)43/h12-13,26-29,46,50H,3-11,14-25H2,1-2H3. The number of anilines is 1. The van der Waals surface area contributed by atoms with Crippen molar-refractivity contribution in [3.63, 3.8) is 0 Å². The lowest BCUT2D eigenvalue weighted by atomic mass is 9.82. The number of carbonyl (C=O) groups is 1. The molecule has 2 N–H and O–H groups in total. The van der Waals surface area contributed by atoms with Gasteiger partial charge in [-0.15, -0.1) is 0 Å². The Kier molecular flexibility index (Phi) is 14.0. The Morgan fingerprint density at radius 2 is 1.73 bits per heavy atom. The molecule has 5 heterocycles. The summed E-state index contributed by atoms with van der Waals surface area (Å²) in [7, 11) is -8.70. The van der Waals surface area contributed by atoms with Gasteiger partial charge in [-0.05, 0) is 88.6 Å². The molecule has 8 rings (SSSR count). The van der Waals surface area contributed by atoms with Crippen molar-refractivity contribution in [1.29, 1.82) is 0 Å². The number of amides is 1. The van der Waals surface area contributed by atoms with Crippen LogP contribution in [-0.4, -0.2) is 109 Å². The topological polar surface area (TPSA) is 179 Å². The van der Waals surface area contributed by atoms with Gasteiger partial charge in [0.05, 0.1) is 36.4 Å². The molecule has 1 atom stereocenters. The predicted octanol–water partition coefficient (Wildman–Crippen LogP) is 3.80. The van der Waals surface area contributed by atoms with Crippen LogP contribution in [0.5, 0.6) is 11.5 Å². The molecule has 5 aliphatic rings. The van der Waals surface area contributed by atoms with Gasteiger partial charge in [0.25, 0.3) is 7.82 Å². The number of halogens is 1. The van der Waals surface area contributed by atoms with Crippen LogP contribution in [0, 0.1) is 0 Å². The number of fused-ring (bicyclic) bond motifs is 4. The number of aliphatic hydroxyl groups excluding tert-OH is 1. The molecule has 0 spiro atoms. The maximum absolute atomic E-state index is 14.4. The summed E-state index contributed by atoms with van der Waals surface area (Å²) in [6.45, 7) is 6.37. The minimum absolute atomic E-state index is 0.0164. The first-order valence-electron chi connectivity index (χ1n) is 21.8. The number of nitrogens with one attached hydrogen (secondary N) is 1. The van der Waals surface area contributed by atoms with E-state index in [1.807, 2.05) is 6.07 Å². The molecule has 1 unspecified atom stereocenters. The highest BCUT2D eigenvalue weighted by Crippen LogP contribution is 2.49. The second-order valence-electron chi connectivity index (χ2n) is 16.6. The van der Waals surface area contributed by atoms with Gasteiger partial charge < -0.3 is 43.1 Å². The van der Waals surface area contributed by atoms with Gasteiger partial charge in [0.15, 0.2) is 0 Å². The zero-order valence-corrected chi connectivity index (χ0v) is 37.9. The third kappa shape index (κ3) is 9.59. The maximum atomic E-state index is 14.4. The summed E-state index contributed by atoms with van der Waals surface area (Å²) >= 11 is 6.60. The number of phosphoric acid groups is 1. The second kappa shape index (κ2) is 19.3. The Bertz CT molecular complexity index is 2500. The fourth-order valence-corrected chi connectivity index (χ4v) is 11.9. The Hall–Kier alpha value is -3.57. The number of hydrogen-bond donors (Lipinski definition) is 2. The predicted molar refractivity (Wildman–Crippen MR) is 232 cm³/mol. The third-order valence-electron chi connectivity index (χ3n) is 12.0. The molecule has 0 fully saturated rings. The highest BCUT2D eigenvalue weighted by molar-refractivity contribution is 7.89. The summed E-state index contributed by atoms with van der Waals surface area (Å²) in [5.41, 5.74) is 8.54. The summed E-state index contributed by atoms with van der Waals surface area (Å²) in [5.74, 6) is 1.66. The first-order valence-corrected chi connectivity index (χ1v) is 25.1. The average molecular weight is 915 g/mol. The van der Waals surface area contributed by atoms with E-state index in [0.29, 0.717) is 5.56 Å². The van der Waals surface area contributed by atoms with E-state index in [-0.39, 0.29) is 69.0 Å². The lowest BCUT2D eigenvalue weighted by Crippen LogP contribution is -2.45. The van der Waals surface area contributed by atoms with Crippen LogP contribution in [0.15, 0.2) is 35.2 Å². The highest BCUT2D eigenvalue weighted by Gasteiger charge is 2.37. The van der Waals surface area contributed by atoms with Gasteiger partial charge in [-0.25, -0.2) is 22.5 Å². The van der Waals surface area contributed by atoms with Crippen molar-refractivity contribution in [1.82, 2.24) is 14.2 Å². The fourth-order valence-electron chi connectivity index (χ4n) is 9.54. The van der Waals surface area contributed by atoms with Gasteiger partial charge in [0, 0.05) is 95.9 Å². The van der Waals surface area contributed by atoms with E-state index in [2.05, 4.69) is 26.3 Å². The SMILES string of the molecule is CC(C)OP(=O)([O-])OCCN(CCCO)C(=O)OCCOCCNS(=O)(=O)c1cc(Cl)ccc1C1=c2cc3c4c(c2Oc2c1cc1c5c2CCCN5CCC1)CCC[N+]=4CCC3. The summed E-state index contributed by atoms with van der Waals surface area (Å²) in [5, 5.41) is 11.8. The lowest BCUT2D eigenvalue weighted by molar-refractivity contribution is -0.228.